The number of aryl methyl sites for hydroxylation is 1. The van der Waals surface area contributed by atoms with Crippen LogP contribution in [0.15, 0.2) is 12.1 Å². The first-order valence-electron chi connectivity index (χ1n) is 7.19. The molecule has 0 saturated carbocycles. The van der Waals surface area contributed by atoms with Gasteiger partial charge in [0, 0.05) is 0 Å². The minimum absolute atomic E-state index is 0.0850. The highest BCUT2D eigenvalue weighted by molar-refractivity contribution is 6.29. The topological polar surface area (TPSA) is 68.7 Å². The Kier molecular flexibility index (Phi) is 5.64. The fourth-order valence-corrected chi connectivity index (χ4v) is 1.67. The fourth-order valence-electron chi connectivity index (χ4n) is 1.41. The lowest BCUT2D eigenvalue weighted by Crippen LogP contribution is -2.41. The Morgan fingerprint density at radius 3 is 2.13 bits per heavy atom. The van der Waals surface area contributed by atoms with Gasteiger partial charge in [0.25, 0.3) is 0 Å². The second-order valence-electron chi connectivity index (χ2n) is 7.23. The van der Waals surface area contributed by atoms with Gasteiger partial charge in [-0.15, -0.1) is 0 Å². The summed E-state index contributed by atoms with van der Waals surface area (Å²) in [7, 11) is 0. The highest BCUT2D eigenvalue weighted by Gasteiger charge is 2.32. The van der Waals surface area contributed by atoms with E-state index in [0.717, 1.165) is 10.6 Å². The van der Waals surface area contributed by atoms with Crippen molar-refractivity contribution in [3.8, 4) is 0 Å². The lowest BCUT2D eigenvalue weighted by Gasteiger charge is -2.27. The normalized spacial score (nSPS) is 11.8. The molecule has 128 valence electrons. The lowest BCUT2D eigenvalue weighted by atomic mass is 9.98. The van der Waals surface area contributed by atoms with Crippen LogP contribution in [0.3, 0.4) is 0 Å². The van der Waals surface area contributed by atoms with Gasteiger partial charge >= 0.3 is 12.1 Å². The monoisotopic (exact) mass is 342 g/mol. The average Bonchev–Trinajstić information content (AvgIpc) is 2.30. The Bertz CT molecular complexity index is 583. The predicted octanol–water partition coefficient (Wildman–Crippen LogP) is 4.29. The molecular formula is C16H23ClN2O4. The van der Waals surface area contributed by atoms with Crippen molar-refractivity contribution in [2.24, 2.45) is 5.41 Å². The van der Waals surface area contributed by atoms with Gasteiger partial charge in [0.2, 0.25) is 0 Å². The van der Waals surface area contributed by atoms with Crippen LogP contribution < -0.4 is 5.06 Å². The zero-order valence-corrected chi connectivity index (χ0v) is 15.3. The third-order valence-corrected chi connectivity index (χ3v) is 2.67. The molecule has 23 heavy (non-hydrogen) atoms. The molecule has 1 amide bonds. The summed E-state index contributed by atoms with van der Waals surface area (Å²) in [4.78, 5) is 33.8. The molecule has 0 saturated heterocycles. The molecule has 0 spiro atoms. The summed E-state index contributed by atoms with van der Waals surface area (Å²) >= 11 is 5.93. The van der Waals surface area contributed by atoms with E-state index < -0.39 is 23.1 Å². The molecular weight excluding hydrogens is 320 g/mol. The van der Waals surface area contributed by atoms with Crippen LogP contribution in [0.4, 0.5) is 10.6 Å². The van der Waals surface area contributed by atoms with E-state index in [1.54, 1.807) is 60.6 Å². The first-order chi connectivity index (χ1) is 10.3. The average molecular weight is 343 g/mol. The maximum absolute atomic E-state index is 12.4. The minimum atomic E-state index is -0.843. The summed E-state index contributed by atoms with van der Waals surface area (Å²) in [5.41, 5.74) is -0.786. The van der Waals surface area contributed by atoms with Crippen molar-refractivity contribution in [2.75, 3.05) is 5.06 Å². The number of halogens is 1. The number of ether oxygens (including phenoxy) is 1. The van der Waals surface area contributed by atoms with Crippen molar-refractivity contribution in [1.29, 1.82) is 0 Å². The molecule has 0 fully saturated rings. The number of hydrogen-bond donors (Lipinski definition) is 0. The van der Waals surface area contributed by atoms with E-state index in [2.05, 4.69) is 4.98 Å². The molecule has 1 rings (SSSR count). The number of aromatic nitrogens is 1. The van der Waals surface area contributed by atoms with Gasteiger partial charge in [-0.2, -0.15) is 0 Å². The third kappa shape index (κ3) is 6.06. The van der Waals surface area contributed by atoms with E-state index in [0.29, 0.717) is 0 Å². The number of carbonyl (C=O) groups is 2. The number of hydroxylamine groups is 1. The number of pyridine rings is 1. The van der Waals surface area contributed by atoms with Crippen LogP contribution in [0.2, 0.25) is 5.15 Å². The maximum atomic E-state index is 12.4. The first kappa shape index (κ1) is 19.2. The highest BCUT2D eigenvalue weighted by Crippen LogP contribution is 2.24. The van der Waals surface area contributed by atoms with Crippen molar-refractivity contribution in [3.05, 3.63) is 22.8 Å². The molecule has 7 heteroatoms. The van der Waals surface area contributed by atoms with Crippen molar-refractivity contribution < 1.29 is 19.2 Å². The van der Waals surface area contributed by atoms with Crippen LogP contribution in [0, 0.1) is 12.3 Å². The van der Waals surface area contributed by atoms with Crippen LogP contribution in [-0.2, 0) is 14.4 Å². The van der Waals surface area contributed by atoms with E-state index >= 15 is 0 Å². The smallest absolute Gasteiger partial charge is 0.441 e. The quantitative estimate of drug-likeness (QED) is 0.562. The van der Waals surface area contributed by atoms with Crippen molar-refractivity contribution in [2.45, 2.75) is 54.1 Å². The Labute approximate surface area is 141 Å². The van der Waals surface area contributed by atoms with E-state index in [9.17, 15) is 9.59 Å². The molecule has 1 aromatic rings. The summed E-state index contributed by atoms with van der Waals surface area (Å²) in [5, 5.41) is 0.915. The van der Waals surface area contributed by atoms with Gasteiger partial charge in [0.15, 0.2) is 5.82 Å². The summed E-state index contributed by atoms with van der Waals surface area (Å²) in [6, 6.07) is 3.20. The van der Waals surface area contributed by atoms with Crippen LogP contribution in [0.5, 0.6) is 0 Å². The Balaban J connectivity index is 3.20. The Morgan fingerprint density at radius 1 is 1.13 bits per heavy atom. The molecule has 0 aliphatic carbocycles. The minimum Gasteiger partial charge on any atom is -0.441 e. The van der Waals surface area contributed by atoms with Gasteiger partial charge in [-0.1, -0.05) is 16.7 Å². The molecule has 0 bridgehead atoms. The van der Waals surface area contributed by atoms with Crippen molar-refractivity contribution in [3.63, 3.8) is 0 Å². The van der Waals surface area contributed by atoms with E-state index in [1.165, 1.54) is 0 Å². The van der Waals surface area contributed by atoms with E-state index in [1.807, 2.05) is 0 Å². The van der Waals surface area contributed by atoms with Crippen LogP contribution in [-0.4, -0.2) is 22.6 Å². The molecule has 1 heterocycles. The van der Waals surface area contributed by atoms with Crippen molar-refractivity contribution in [1.82, 2.24) is 4.98 Å². The van der Waals surface area contributed by atoms with Gasteiger partial charge in [0.05, 0.1) is 5.41 Å². The van der Waals surface area contributed by atoms with Gasteiger partial charge in [-0.25, -0.2) is 14.6 Å². The molecule has 0 aliphatic rings. The molecule has 0 N–H and O–H groups in total. The zero-order valence-electron chi connectivity index (χ0n) is 14.6. The largest absolute Gasteiger partial charge is 0.450 e. The van der Waals surface area contributed by atoms with Crippen LogP contribution in [0.25, 0.3) is 0 Å². The SMILES string of the molecule is Cc1cc(Cl)nc(N(OC(=O)C(C)(C)C)C(=O)OC(C)(C)C)c1. The summed E-state index contributed by atoms with van der Waals surface area (Å²) in [5.74, 6) is -0.510. The van der Waals surface area contributed by atoms with Gasteiger partial charge < -0.3 is 9.57 Å². The Morgan fingerprint density at radius 2 is 1.70 bits per heavy atom. The second-order valence-corrected chi connectivity index (χ2v) is 7.62. The Hall–Kier alpha value is -1.82. The highest BCUT2D eigenvalue weighted by atomic mass is 35.5. The molecule has 1 aromatic heterocycles. The summed E-state index contributed by atoms with van der Waals surface area (Å²) in [6.07, 6.45) is -0.843. The standard InChI is InChI=1S/C16H23ClN2O4/c1-10-8-11(17)18-12(9-10)19(14(21)22-16(5,6)7)23-13(20)15(2,3)4/h8-9H,1-7H3. The number of anilines is 1. The van der Waals surface area contributed by atoms with Crippen LogP contribution >= 0.6 is 11.6 Å². The first-order valence-corrected chi connectivity index (χ1v) is 7.57. The molecule has 6 nitrogen and oxygen atoms in total. The van der Waals surface area contributed by atoms with Gasteiger partial charge in [0.1, 0.15) is 10.8 Å². The number of rotatable bonds is 1. The maximum Gasteiger partial charge on any atom is 0.450 e. The third-order valence-electron chi connectivity index (χ3n) is 2.48. The number of carbonyl (C=O) groups excluding carboxylic acids is 2. The molecule has 0 atom stereocenters. The number of amides is 1. The second kappa shape index (κ2) is 6.74. The number of nitrogens with zero attached hydrogens (tertiary/aromatic N) is 2. The molecule has 0 radical (unpaired) electrons. The zero-order chi connectivity index (χ0) is 18.0. The predicted molar refractivity (Wildman–Crippen MR) is 88.2 cm³/mol. The molecule has 0 aliphatic heterocycles. The van der Waals surface area contributed by atoms with Gasteiger partial charge in [-0.3, -0.25) is 0 Å². The fraction of sp³-hybridized carbons (Fsp3) is 0.562. The van der Waals surface area contributed by atoms with Gasteiger partial charge in [-0.05, 0) is 66.2 Å². The molecule has 0 aromatic carbocycles. The number of hydrogen-bond acceptors (Lipinski definition) is 5. The summed E-state index contributed by atoms with van der Waals surface area (Å²) in [6.45, 7) is 12.0. The van der Waals surface area contributed by atoms with Crippen molar-refractivity contribution >= 4 is 29.5 Å². The van der Waals surface area contributed by atoms with Crippen LogP contribution in [0.1, 0.15) is 47.1 Å². The lowest BCUT2D eigenvalue weighted by molar-refractivity contribution is -0.154. The molecule has 0 unspecified atom stereocenters. The van der Waals surface area contributed by atoms with E-state index in [4.69, 9.17) is 21.2 Å². The van der Waals surface area contributed by atoms with E-state index in [-0.39, 0.29) is 11.0 Å². The summed E-state index contributed by atoms with van der Waals surface area (Å²) < 4.78 is 5.27.